The van der Waals surface area contributed by atoms with E-state index in [-0.39, 0.29) is 0 Å². The molecule has 1 aromatic carbocycles. The van der Waals surface area contributed by atoms with Crippen molar-refractivity contribution in [2.24, 2.45) is 0 Å². The summed E-state index contributed by atoms with van der Waals surface area (Å²) in [4.78, 5) is 0. The fourth-order valence-corrected chi connectivity index (χ4v) is 1.53. The van der Waals surface area contributed by atoms with Crippen LogP contribution in [0.4, 0.5) is 0 Å². The van der Waals surface area contributed by atoms with E-state index in [1.165, 1.54) is 0 Å². The second-order valence-electron chi connectivity index (χ2n) is 3.61. The molecule has 0 spiro atoms. The van der Waals surface area contributed by atoms with Gasteiger partial charge in [0.1, 0.15) is 0 Å². The van der Waals surface area contributed by atoms with Crippen LogP contribution in [0.3, 0.4) is 0 Å². The standard InChI is InChI=1S/C11H15ClO2/c1-7-3-4-9(10(12)5-7)6-11(14)8(2)13/h3-5,8,11,13-14H,6H2,1-2H3. The summed E-state index contributed by atoms with van der Waals surface area (Å²) in [5.41, 5.74) is 1.95. The highest BCUT2D eigenvalue weighted by atomic mass is 35.5. The summed E-state index contributed by atoms with van der Waals surface area (Å²) in [5.74, 6) is 0. The van der Waals surface area contributed by atoms with Crippen LogP contribution in [-0.2, 0) is 6.42 Å². The van der Waals surface area contributed by atoms with Crippen molar-refractivity contribution in [3.05, 3.63) is 34.3 Å². The van der Waals surface area contributed by atoms with Crippen molar-refractivity contribution < 1.29 is 10.2 Å². The van der Waals surface area contributed by atoms with Gasteiger partial charge in [0.15, 0.2) is 0 Å². The molecule has 0 heterocycles. The number of rotatable bonds is 3. The van der Waals surface area contributed by atoms with Crippen molar-refractivity contribution in [2.45, 2.75) is 32.5 Å². The van der Waals surface area contributed by atoms with Crippen molar-refractivity contribution in [3.8, 4) is 0 Å². The molecule has 78 valence electrons. The summed E-state index contributed by atoms with van der Waals surface area (Å²) in [6.07, 6.45) is -1.10. The molecule has 0 aliphatic heterocycles. The lowest BCUT2D eigenvalue weighted by Gasteiger charge is -2.14. The molecule has 0 fully saturated rings. The van der Waals surface area contributed by atoms with Gasteiger partial charge in [0.05, 0.1) is 12.2 Å². The van der Waals surface area contributed by atoms with Crippen LogP contribution < -0.4 is 0 Å². The Morgan fingerprint density at radius 3 is 2.50 bits per heavy atom. The maximum atomic E-state index is 9.46. The summed E-state index contributed by atoms with van der Waals surface area (Å²) in [6.45, 7) is 3.52. The molecule has 1 rings (SSSR count). The lowest BCUT2D eigenvalue weighted by atomic mass is 10.0. The largest absolute Gasteiger partial charge is 0.391 e. The Labute approximate surface area is 89.1 Å². The van der Waals surface area contributed by atoms with E-state index in [1.54, 1.807) is 6.92 Å². The smallest absolute Gasteiger partial charge is 0.0837 e. The Morgan fingerprint density at radius 1 is 1.36 bits per heavy atom. The van der Waals surface area contributed by atoms with Crippen LogP contribution in [0, 0.1) is 6.92 Å². The van der Waals surface area contributed by atoms with Crippen molar-refractivity contribution >= 4 is 11.6 Å². The van der Waals surface area contributed by atoms with E-state index in [0.717, 1.165) is 11.1 Å². The van der Waals surface area contributed by atoms with E-state index < -0.39 is 12.2 Å². The first-order valence-corrected chi connectivity index (χ1v) is 4.99. The molecule has 2 nitrogen and oxygen atoms in total. The van der Waals surface area contributed by atoms with Crippen LogP contribution >= 0.6 is 11.6 Å². The second kappa shape index (κ2) is 4.78. The molecule has 2 unspecified atom stereocenters. The maximum absolute atomic E-state index is 9.46. The van der Waals surface area contributed by atoms with Gasteiger partial charge in [-0.2, -0.15) is 0 Å². The Morgan fingerprint density at radius 2 is 2.00 bits per heavy atom. The summed E-state index contributed by atoms with van der Waals surface area (Å²) < 4.78 is 0. The molecule has 14 heavy (non-hydrogen) atoms. The Hall–Kier alpha value is -0.570. The first kappa shape index (κ1) is 11.5. The SMILES string of the molecule is Cc1ccc(CC(O)C(C)O)c(Cl)c1. The lowest BCUT2D eigenvalue weighted by molar-refractivity contribution is 0.0320. The zero-order chi connectivity index (χ0) is 10.7. The average molecular weight is 215 g/mol. The molecule has 0 amide bonds. The van der Waals surface area contributed by atoms with E-state index in [1.807, 2.05) is 25.1 Å². The van der Waals surface area contributed by atoms with Gasteiger partial charge in [-0.1, -0.05) is 23.7 Å². The minimum atomic E-state index is -0.754. The molecule has 1 aromatic rings. The predicted molar refractivity (Wildman–Crippen MR) is 57.6 cm³/mol. The number of aryl methyl sites for hydroxylation is 1. The molecule has 2 atom stereocenters. The summed E-state index contributed by atoms with van der Waals surface area (Å²) >= 11 is 5.99. The average Bonchev–Trinajstić information content (AvgIpc) is 2.09. The number of aliphatic hydroxyl groups is 2. The fraction of sp³-hybridized carbons (Fsp3) is 0.455. The van der Waals surface area contributed by atoms with Crippen molar-refractivity contribution in [2.75, 3.05) is 0 Å². The highest BCUT2D eigenvalue weighted by Crippen LogP contribution is 2.19. The minimum absolute atomic E-state index is 0.386. The molecule has 3 heteroatoms. The third kappa shape index (κ3) is 2.98. The van der Waals surface area contributed by atoms with Gasteiger partial charge < -0.3 is 10.2 Å². The van der Waals surface area contributed by atoms with Gasteiger partial charge in [0.25, 0.3) is 0 Å². The summed E-state index contributed by atoms with van der Waals surface area (Å²) in [6, 6.07) is 5.67. The first-order chi connectivity index (χ1) is 6.50. The van der Waals surface area contributed by atoms with Crippen LogP contribution in [0.1, 0.15) is 18.1 Å². The second-order valence-corrected chi connectivity index (χ2v) is 4.01. The van der Waals surface area contributed by atoms with E-state index in [0.29, 0.717) is 11.4 Å². The molecule has 0 bridgehead atoms. The Kier molecular flexibility index (Phi) is 3.93. The number of hydrogen-bond donors (Lipinski definition) is 2. The molecule has 0 aliphatic carbocycles. The molecule has 2 N–H and O–H groups in total. The summed E-state index contributed by atoms with van der Waals surface area (Å²) in [5, 5.41) is 19.2. The number of hydrogen-bond acceptors (Lipinski definition) is 2. The third-order valence-corrected chi connectivity index (χ3v) is 2.55. The molecular formula is C11H15ClO2. The van der Waals surface area contributed by atoms with Crippen molar-refractivity contribution in [1.82, 2.24) is 0 Å². The van der Waals surface area contributed by atoms with Gasteiger partial charge in [-0.25, -0.2) is 0 Å². The molecule has 0 aliphatic rings. The van der Waals surface area contributed by atoms with Gasteiger partial charge in [-0.15, -0.1) is 0 Å². The third-order valence-electron chi connectivity index (χ3n) is 2.19. The molecular weight excluding hydrogens is 200 g/mol. The van der Waals surface area contributed by atoms with Crippen LogP contribution in [-0.4, -0.2) is 22.4 Å². The van der Waals surface area contributed by atoms with Crippen LogP contribution in [0.25, 0.3) is 0 Å². The van der Waals surface area contributed by atoms with E-state index in [9.17, 15) is 5.11 Å². The number of aliphatic hydroxyl groups excluding tert-OH is 2. The minimum Gasteiger partial charge on any atom is -0.391 e. The lowest BCUT2D eigenvalue weighted by Crippen LogP contribution is -2.24. The Balaban J connectivity index is 2.77. The topological polar surface area (TPSA) is 40.5 Å². The molecule has 0 aromatic heterocycles. The molecule has 0 saturated carbocycles. The number of benzene rings is 1. The normalized spacial score (nSPS) is 15.2. The van der Waals surface area contributed by atoms with Crippen molar-refractivity contribution in [3.63, 3.8) is 0 Å². The van der Waals surface area contributed by atoms with Gasteiger partial charge in [0, 0.05) is 11.4 Å². The van der Waals surface area contributed by atoms with Gasteiger partial charge >= 0.3 is 0 Å². The van der Waals surface area contributed by atoms with E-state index in [2.05, 4.69) is 0 Å². The van der Waals surface area contributed by atoms with Gasteiger partial charge in [-0.05, 0) is 31.0 Å². The van der Waals surface area contributed by atoms with Gasteiger partial charge in [-0.3, -0.25) is 0 Å². The monoisotopic (exact) mass is 214 g/mol. The van der Waals surface area contributed by atoms with Gasteiger partial charge in [0.2, 0.25) is 0 Å². The number of halogens is 1. The Bertz CT molecular complexity index is 310. The quantitative estimate of drug-likeness (QED) is 0.808. The summed E-state index contributed by atoms with van der Waals surface area (Å²) in [7, 11) is 0. The highest BCUT2D eigenvalue weighted by Gasteiger charge is 2.13. The maximum Gasteiger partial charge on any atom is 0.0837 e. The van der Waals surface area contributed by atoms with E-state index >= 15 is 0 Å². The predicted octanol–water partition coefficient (Wildman–Crippen LogP) is 1.93. The zero-order valence-electron chi connectivity index (χ0n) is 8.37. The van der Waals surface area contributed by atoms with Crippen LogP contribution in [0.5, 0.6) is 0 Å². The molecule has 0 saturated heterocycles. The van der Waals surface area contributed by atoms with E-state index in [4.69, 9.17) is 16.7 Å². The van der Waals surface area contributed by atoms with Crippen molar-refractivity contribution in [1.29, 1.82) is 0 Å². The fourth-order valence-electron chi connectivity index (χ4n) is 1.21. The van der Waals surface area contributed by atoms with Crippen LogP contribution in [0.15, 0.2) is 18.2 Å². The van der Waals surface area contributed by atoms with Crippen LogP contribution in [0.2, 0.25) is 5.02 Å². The highest BCUT2D eigenvalue weighted by molar-refractivity contribution is 6.31. The first-order valence-electron chi connectivity index (χ1n) is 4.62. The zero-order valence-corrected chi connectivity index (χ0v) is 9.12. The molecule has 0 radical (unpaired) electrons.